The van der Waals surface area contributed by atoms with Crippen LogP contribution in [0.2, 0.25) is 0 Å². The molecule has 0 unspecified atom stereocenters. The van der Waals surface area contributed by atoms with Crippen LogP contribution in [0.4, 0.5) is 5.69 Å². The van der Waals surface area contributed by atoms with Crippen LogP contribution < -0.4 is 5.32 Å². The molecule has 2 aromatic carbocycles. The first-order valence-electron chi connectivity index (χ1n) is 8.47. The molecular weight excluding hydrogens is 332 g/mol. The summed E-state index contributed by atoms with van der Waals surface area (Å²) in [5.41, 5.74) is 2.15. The van der Waals surface area contributed by atoms with E-state index < -0.39 is 6.04 Å². The summed E-state index contributed by atoms with van der Waals surface area (Å²) in [5, 5.41) is 32.4. The van der Waals surface area contributed by atoms with Gasteiger partial charge >= 0.3 is 0 Å². The van der Waals surface area contributed by atoms with Crippen molar-refractivity contribution in [1.82, 2.24) is 0 Å². The minimum atomic E-state index is -0.478. The van der Waals surface area contributed by atoms with E-state index >= 15 is 0 Å². The van der Waals surface area contributed by atoms with E-state index in [1.165, 1.54) is 6.07 Å². The molecule has 26 heavy (non-hydrogen) atoms. The third-order valence-electron chi connectivity index (χ3n) is 4.19. The number of phenols is 3. The van der Waals surface area contributed by atoms with Crippen LogP contribution in [0.3, 0.4) is 0 Å². The molecule has 6 nitrogen and oxygen atoms in total. The quantitative estimate of drug-likeness (QED) is 0.570. The van der Waals surface area contributed by atoms with Crippen LogP contribution in [0.25, 0.3) is 0 Å². The van der Waals surface area contributed by atoms with E-state index in [-0.39, 0.29) is 29.6 Å². The van der Waals surface area contributed by atoms with Gasteiger partial charge in [0.1, 0.15) is 17.2 Å². The molecule has 2 aromatic rings. The summed E-state index contributed by atoms with van der Waals surface area (Å²) >= 11 is 0. The Kier molecular flexibility index (Phi) is 6.22. The fourth-order valence-corrected chi connectivity index (χ4v) is 2.55. The number of aliphatic imine (C=N–C) groups is 1. The zero-order chi connectivity index (χ0) is 19.3. The van der Waals surface area contributed by atoms with Crippen molar-refractivity contribution in [3.05, 3.63) is 47.5 Å². The highest BCUT2D eigenvalue weighted by Gasteiger charge is 2.15. The summed E-state index contributed by atoms with van der Waals surface area (Å²) in [4.78, 5) is 16.7. The molecule has 0 aromatic heterocycles. The molecule has 0 radical (unpaired) electrons. The lowest BCUT2D eigenvalue weighted by molar-refractivity contribution is -0.118. The summed E-state index contributed by atoms with van der Waals surface area (Å²) in [6, 6.07) is 9.18. The van der Waals surface area contributed by atoms with Gasteiger partial charge in [0.2, 0.25) is 0 Å². The van der Waals surface area contributed by atoms with Gasteiger partial charge in [-0.2, -0.15) is 0 Å². The number of anilines is 1. The highest BCUT2D eigenvalue weighted by atomic mass is 16.3. The van der Waals surface area contributed by atoms with Crippen LogP contribution in [0.15, 0.2) is 41.4 Å². The number of Topliss-reactive ketones (excluding diaryl/α,β-unsaturated/α-hetero) is 1. The number of ketones is 1. The SMILES string of the molecule is CCC(=NCC(=O)[C@H](C)Nc1cccc(O)c1)c1ccc(O)c(C)c1O. The van der Waals surface area contributed by atoms with Crippen molar-refractivity contribution < 1.29 is 20.1 Å². The number of nitrogens with one attached hydrogen (secondary N) is 1. The van der Waals surface area contributed by atoms with Crippen LogP contribution in [0, 0.1) is 6.92 Å². The Labute approximate surface area is 152 Å². The van der Waals surface area contributed by atoms with Crippen LogP contribution in [0.1, 0.15) is 31.4 Å². The lowest BCUT2D eigenvalue weighted by Crippen LogP contribution is -2.28. The Balaban J connectivity index is 2.10. The largest absolute Gasteiger partial charge is 0.508 e. The maximum atomic E-state index is 12.4. The Morgan fingerprint density at radius 1 is 1.19 bits per heavy atom. The highest BCUT2D eigenvalue weighted by molar-refractivity contribution is 6.04. The van der Waals surface area contributed by atoms with Gasteiger partial charge < -0.3 is 20.6 Å². The third kappa shape index (κ3) is 4.53. The molecule has 0 bridgehead atoms. The molecule has 0 saturated heterocycles. The summed E-state index contributed by atoms with van der Waals surface area (Å²) in [5.74, 6) is -0.000837. The van der Waals surface area contributed by atoms with Crippen molar-refractivity contribution in [2.45, 2.75) is 33.2 Å². The Hall–Kier alpha value is -3.02. The van der Waals surface area contributed by atoms with Crippen molar-refractivity contribution in [2.24, 2.45) is 4.99 Å². The molecule has 0 aliphatic heterocycles. The maximum Gasteiger partial charge on any atom is 0.175 e. The van der Waals surface area contributed by atoms with Gasteiger partial charge in [0.25, 0.3) is 0 Å². The van der Waals surface area contributed by atoms with E-state index in [4.69, 9.17) is 0 Å². The zero-order valence-corrected chi connectivity index (χ0v) is 15.2. The lowest BCUT2D eigenvalue weighted by Gasteiger charge is -2.14. The van der Waals surface area contributed by atoms with Crippen molar-refractivity contribution in [1.29, 1.82) is 0 Å². The summed E-state index contributed by atoms with van der Waals surface area (Å²) in [6.45, 7) is 5.21. The fraction of sp³-hybridized carbons (Fsp3) is 0.300. The molecule has 0 aliphatic carbocycles. The van der Waals surface area contributed by atoms with Gasteiger partial charge in [0, 0.05) is 28.6 Å². The van der Waals surface area contributed by atoms with E-state index in [1.54, 1.807) is 44.2 Å². The van der Waals surface area contributed by atoms with Crippen molar-refractivity contribution in [3.8, 4) is 17.2 Å². The number of aromatic hydroxyl groups is 3. The second kappa shape index (κ2) is 8.38. The number of rotatable bonds is 7. The van der Waals surface area contributed by atoms with Gasteiger partial charge in [-0.25, -0.2) is 0 Å². The van der Waals surface area contributed by atoms with Crippen LogP contribution in [0.5, 0.6) is 17.2 Å². The molecular formula is C20H24N2O4. The Morgan fingerprint density at radius 2 is 1.92 bits per heavy atom. The number of carbonyl (C=O) groups excluding carboxylic acids is 1. The maximum absolute atomic E-state index is 12.4. The van der Waals surface area contributed by atoms with Gasteiger partial charge in [0.05, 0.1) is 12.6 Å². The zero-order valence-electron chi connectivity index (χ0n) is 15.2. The van der Waals surface area contributed by atoms with Gasteiger partial charge in [-0.1, -0.05) is 13.0 Å². The molecule has 0 saturated carbocycles. The van der Waals surface area contributed by atoms with Crippen molar-refractivity contribution in [2.75, 3.05) is 11.9 Å². The number of phenolic OH excluding ortho intramolecular Hbond substituents is 3. The Bertz CT molecular complexity index is 831. The van der Waals surface area contributed by atoms with E-state index in [1.807, 2.05) is 6.92 Å². The predicted molar refractivity (Wildman–Crippen MR) is 102 cm³/mol. The number of hydrogen-bond donors (Lipinski definition) is 4. The number of hydrogen-bond acceptors (Lipinski definition) is 6. The van der Waals surface area contributed by atoms with Gasteiger partial charge in [0.15, 0.2) is 5.78 Å². The average Bonchev–Trinajstić information content (AvgIpc) is 2.61. The van der Waals surface area contributed by atoms with E-state index in [0.717, 1.165) is 0 Å². The van der Waals surface area contributed by atoms with Crippen molar-refractivity contribution in [3.63, 3.8) is 0 Å². The minimum Gasteiger partial charge on any atom is -0.508 e. The topological polar surface area (TPSA) is 102 Å². The summed E-state index contributed by atoms with van der Waals surface area (Å²) < 4.78 is 0. The normalized spacial score (nSPS) is 12.7. The second-order valence-corrected chi connectivity index (χ2v) is 6.10. The molecule has 2 rings (SSSR count). The second-order valence-electron chi connectivity index (χ2n) is 6.10. The van der Waals surface area contributed by atoms with E-state index in [2.05, 4.69) is 10.3 Å². The fourth-order valence-electron chi connectivity index (χ4n) is 2.55. The first kappa shape index (κ1) is 19.3. The van der Waals surface area contributed by atoms with Gasteiger partial charge in [-0.15, -0.1) is 0 Å². The van der Waals surface area contributed by atoms with Crippen molar-refractivity contribution >= 4 is 17.2 Å². The molecule has 1 atom stereocenters. The average molecular weight is 356 g/mol. The standard InChI is InChI=1S/C20H24N2O4/c1-4-17(16-8-9-18(24)12(2)20(16)26)21-11-19(25)13(3)22-14-6-5-7-15(23)10-14/h5-10,13,22-24,26H,4,11H2,1-3H3/t13-/m0/s1. The predicted octanol–water partition coefficient (Wildman–Crippen LogP) is 3.38. The van der Waals surface area contributed by atoms with Crippen LogP contribution in [-0.4, -0.2) is 39.4 Å². The molecule has 0 heterocycles. The molecule has 0 amide bonds. The smallest absolute Gasteiger partial charge is 0.175 e. The summed E-state index contributed by atoms with van der Waals surface area (Å²) in [7, 11) is 0. The molecule has 4 N–H and O–H groups in total. The van der Waals surface area contributed by atoms with Crippen LogP contribution in [-0.2, 0) is 4.79 Å². The monoisotopic (exact) mass is 356 g/mol. The molecule has 138 valence electrons. The molecule has 0 spiro atoms. The molecule has 0 fully saturated rings. The van der Waals surface area contributed by atoms with E-state index in [0.29, 0.717) is 28.9 Å². The lowest BCUT2D eigenvalue weighted by atomic mass is 10.0. The first-order chi connectivity index (χ1) is 12.3. The van der Waals surface area contributed by atoms with E-state index in [9.17, 15) is 20.1 Å². The number of carbonyl (C=O) groups is 1. The first-order valence-corrected chi connectivity index (χ1v) is 8.47. The third-order valence-corrected chi connectivity index (χ3v) is 4.19. The minimum absolute atomic E-state index is 0.0155. The van der Waals surface area contributed by atoms with Crippen LogP contribution >= 0.6 is 0 Å². The molecule has 6 heteroatoms. The summed E-state index contributed by atoms with van der Waals surface area (Å²) in [6.07, 6.45) is 0.541. The number of nitrogens with zero attached hydrogens (tertiary/aromatic N) is 1. The van der Waals surface area contributed by atoms with Gasteiger partial charge in [-0.3, -0.25) is 9.79 Å². The highest BCUT2D eigenvalue weighted by Crippen LogP contribution is 2.30. The Morgan fingerprint density at radius 3 is 2.58 bits per heavy atom. The van der Waals surface area contributed by atoms with Gasteiger partial charge in [-0.05, 0) is 44.5 Å². The number of benzene rings is 2. The molecule has 0 aliphatic rings.